The van der Waals surface area contributed by atoms with Gasteiger partial charge < -0.3 is 10.4 Å². The van der Waals surface area contributed by atoms with Crippen LogP contribution in [0.3, 0.4) is 0 Å². The molecule has 1 heterocycles. The van der Waals surface area contributed by atoms with Crippen LogP contribution in [0.2, 0.25) is 0 Å². The van der Waals surface area contributed by atoms with Gasteiger partial charge in [-0.15, -0.1) is 0 Å². The number of hydrogen-bond donors (Lipinski definition) is 2. The number of nitrogens with one attached hydrogen (secondary N) is 1. The number of hydrogen-bond acceptors (Lipinski definition) is 6. The predicted octanol–water partition coefficient (Wildman–Crippen LogP) is 3.58. The highest BCUT2D eigenvalue weighted by atomic mass is 16.6. The summed E-state index contributed by atoms with van der Waals surface area (Å²) in [7, 11) is 0. The number of aromatic nitrogens is 2. The van der Waals surface area contributed by atoms with Crippen LogP contribution in [0.4, 0.5) is 11.5 Å². The fraction of sp³-hybridized carbons (Fsp3) is 0.474. The predicted molar refractivity (Wildman–Crippen MR) is 100.0 cm³/mol. The van der Waals surface area contributed by atoms with Crippen molar-refractivity contribution >= 4 is 11.5 Å². The van der Waals surface area contributed by atoms with Crippen molar-refractivity contribution in [2.75, 3.05) is 11.9 Å². The molecule has 2 atom stereocenters. The molecular formula is C19H24N4O3. The zero-order chi connectivity index (χ0) is 18.5. The molecule has 0 spiro atoms. The Bertz CT molecular complexity index is 764. The highest BCUT2D eigenvalue weighted by molar-refractivity contribution is 5.59. The van der Waals surface area contributed by atoms with E-state index in [0.29, 0.717) is 17.8 Å². The second-order valence-electron chi connectivity index (χ2n) is 6.68. The molecule has 1 aromatic carbocycles. The van der Waals surface area contributed by atoms with Gasteiger partial charge in [0.1, 0.15) is 5.82 Å². The molecule has 138 valence electrons. The van der Waals surface area contributed by atoms with Crippen LogP contribution in [-0.2, 0) is 6.42 Å². The standard InChI is InChI=1S/C19H24N4O3/c1-2-15-12-18(21-17-5-3-4-13(17)10-11-24)22-19(20-15)14-6-8-16(9-7-14)23(25)26/h6-9,12-13,17,24H,2-5,10-11H2,1H3,(H,20,21,22). The Balaban J connectivity index is 1.85. The SMILES string of the molecule is CCc1cc(NC2CCCC2CCO)nc(-c2ccc([N+](=O)[O-])cc2)n1. The van der Waals surface area contributed by atoms with Crippen molar-refractivity contribution in [3.05, 3.63) is 46.1 Å². The number of benzene rings is 1. The summed E-state index contributed by atoms with van der Waals surface area (Å²) in [6.07, 6.45) is 4.94. The van der Waals surface area contributed by atoms with Crippen molar-refractivity contribution in [1.29, 1.82) is 0 Å². The molecule has 2 aromatic rings. The molecule has 1 aliphatic rings. The van der Waals surface area contributed by atoms with Gasteiger partial charge in [-0.3, -0.25) is 10.1 Å². The number of nitrogens with zero attached hydrogens (tertiary/aromatic N) is 3. The summed E-state index contributed by atoms with van der Waals surface area (Å²) in [6, 6.07) is 8.58. The number of anilines is 1. The van der Waals surface area contributed by atoms with E-state index in [1.54, 1.807) is 12.1 Å². The maximum absolute atomic E-state index is 10.8. The highest BCUT2D eigenvalue weighted by Gasteiger charge is 2.27. The lowest BCUT2D eigenvalue weighted by Gasteiger charge is -2.21. The van der Waals surface area contributed by atoms with Crippen LogP contribution in [0.5, 0.6) is 0 Å². The summed E-state index contributed by atoms with van der Waals surface area (Å²) in [6.45, 7) is 2.25. The van der Waals surface area contributed by atoms with Crippen molar-refractivity contribution < 1.29 is 10.0 Å². The van der Waals surface area contributed by atoms with Crippen LogP contribution >= 0.6 is 0 Å². The average molecular weight is 356 g/mol. The fourth-order valence-electron chi connectivity index (χ4n) is 3.54. The topological polar surface area (TPSA) is 101 Å². The first-order valence-electron chi connectivity index (χ1n) is 9.11. The van der Waals surface area contributed by atoms with E-state index in [-0.39, 0.29) is 12.3 Å². The molecule has 2 unspecified atom stereocenters. The molecule has 0 bridgehead atoms. The molecule has 1 aliphatic carbocycles. The van der Waals surface area contributed by atoms with E-state index in [4.69, 9.17) is 0 Å². The quantitative estimate of drug-likeness (QED) is 0.581. The normalized spacial score (nSPS) is 19.5. The van der Waals surface area contributed by atoms with Crippen molar-refractivity contribution in [1.82, 2.24) is 9.97 Å². The highest BCUT2D eigenvalue weighted by Crippen LogP contribution is 2.31. The van der Waals surface area contributed by atoms with Crippen molar-refractivity contribution in [2.24, 2.45) is 5.92 Å². The summed E-state index contributed by atoms with van der Waals surface area (Å²) in [4.78, 5) is 19.6. The third-order valence-electron chi connectivity index (χ3n) is 4.97. The number of non-ortho nitro benzene ring substituents is 1. The van der Waals surface area contributed by atoms with Crippen LogP contribution in [-0.4, -0.2) is 32.6 Å². The van der Waals surface area contributed by atoms with Gasteiger partial charge in [0.05, 0.1) is 4.92 Å². The summed E-state index contributed by atoms with van der Waals surface area (Å²) >= 11 is 0. The molecule has 7 nitrogen and oxygen atoms in total. The van der Waals surface area contributed by atoms with E-state index in [2.05, 4.69) is 15.3 Å². The van der Waals surface area contributed by atoms with E-state index in [0.717, 1.165) is 49.2 Å². The molecular weight excluding hydrogens is 332 g/mol. The summed E-state index contributed by atoms with van der Waals surface area (Å²) in [5, 5.41) is 23.6. The zero-order valence-corrected chi connectivity index (χ0v) is 14.9. The van der Waals surface area contributed by atoms with Gasteiger partial charge in [0.25, 0.3) is 5.69 Å². The molecule has 0 amide bonds. The van der Waals surface area contributed by atoms with Gasteiger partial charge in [-0.05, 0) is 43.7 Å². The number of aryl methyl sites for hydroxylation is 1. The Labute approximate surface area is 152 Å². The third kappa shape index (κ3) is 4.16. The van der Waals surface area contributed by atoms with Gasteiger partial charge in [0, 0.05) is 42.1 Å². The molecule has 3 rings (SSSR count). The molecule has 0 saturated heterocycles. The van der Waals surface area contributed by atoms with E-state index in [1.807, 2.05) is 13.0 Å². The summed E-state index contributed by atoms with van der Waals surface area (Å²) in [5.74, 6) is 1.81. The minimum Gasteiger partial charge on any atom is -0.396 e. The monoisotopic (exact) mass is 356 g/mol. The number of aliphatic hydroxyl groups is 1. The van der Waals surface area contributed by atoms with Crippen molar-refractivity contribution in [3.63, 3.8) is 0 Å². The first-order valence-corrected chi connectivity index (χ1v) is 9.11. The van der Waals surface area contributed by atoms with Gasteiger partial charge in [-0.2, -0.15) is 0 Å². The van der Waals surface area contributed by atoms with Crippen LogP contribution in [0.15, 0.2) is 30.3 Å². The van der Waals surface area contributed by atoms with Crippen LogP contribution < -0.4 is 5.32 Å². The molecule has 7 heteroatoms. The Kier molecular flexibility index (Phi) is 5.78. The van der Waals surface area contributed by atoms with Gasteiger partial charge in [-0.1, -0.05) is 13.3 Å². The maximum Gasteiger partial charge on any atom is 0.269 e. The van der Waals surface area contributed by atoms with E-state index < -0.39 is 4.92 Å². The Morgan fingerprint density at radius 1 is 1.27 bits per heavy atom. The first kappa shape index (κ1) is 18.3. The molecule has 26 heavy (non-hydrogen) atoms. The Hall–Kier alpha value is -2.54. The minimum absolute atomic E-state index is 0.0524. The lowest BCUT2D eigenvalue weighted by atomic mass is 10.00. The van der Waals surface area contributed by atoms with E-state index in [1.165, 1.54) is 12.1 Å². The van der Waals surface area contributed by atoms with Gasteiger partial charge in [-0.25, -0.2) is 9.97 Å². The molecule has 1 saturated carbocycles. The van der Waals surface area contributed by atoms with Gasteiger partial charge in [0.15, 0.2) is 5.82 Å². The second-order valence-corrected chi connectivity index (χ2v) is 6.68. The van der Waals surface area contributed by atoms with Gasteiger partial charge in [0.2, 0.25) is 0 Å². The van der Waals surface area contributed by atoms with Crippen molar-refractivity contribution in [3.8, 4) is 11.4 Å². The minimum atomic E-state index is -0.415. The lowest BCUT2D eigenvalue weighted by molar-refractivity contribution is -0.384. The number of nitro groups is 1. The Morgan fingerprint density at radius 2 is 2.04 bits per heavy atom. The number of rotatable bonds is 7. The van der Waals surface area contributed by atoms with Crippen molar-refractivity contribution in [2.45, 2.75) is 45.1 Å². The largest absolute Gasteiger partial charge is 0.396 e. The maximum atomic E-state index is 10.8. The Morgan fingerprint density at radius 3 is 2.69 bits per heavy atom. The van der Waals surface area contributed by atoms with Crippen LogP contribution in [0.25, 0.3) is 11.4 Å². The third-order valence-corrected chi connectivity index (χ3v) is 4.97. The fourth-order valence-corrected chi connectivity index (χ4v) is 3.54. The summed E-state index contributed by atoms with van der Waals surface area (Å²) < 4.78 is 0. The average Bonchev–Trinajstić information content (AvgIpc) is 3.08. The van der Waals surface area contributed by atoms with Gasteiger partial charge >= 0.3 is 0 Å². The smallest absolute Gasteiger partial charge is 0.269 e. The van der Waals surface area contributed by atoms with Crippen LogP contribution in [0.1, 0.15) is 38.3 Å². The van der Waals surface area contributed by atoms with E-state index >= 15 is 0 Å². The second kappa shape index (κ2) is 8.23. The summed E-state index contributed by atoms with van der Waals surface area (Å²) in [5.41, 5.74) is 1.73. The molecule has 2 N–H and O–H groups in total. The first-order chi connectivity index (χ1) is 12.6. The molecule has 1 fully saturated rings. The lowest BCUT2D eigenvalue weighted by Crippen LogP contribution is -2.25. The molecule has 0 aliphatic heterocycles. The number of aliphatic hydroxyl groups excluding tert-OH is 1. The molecule has 1 aromatic heterocycles. The van der Waals surface area contributed by atoms with E-state index in [9.17, 15) is 15.2 Å². The number of nitro benzene ring substituents is 1. The van der Waals surface area contributed by atoms with Crippen LogP contribution in [0, 0.1) is 16.0 Å². The zero-order valence-electron chi connectivity index (χ0n) is 14.9. The molecule has 0 radical (unpaired) electrons.